The normalized spacial score (nSPS) is 22.0. The van der Waals surface area contributed by atoms with E-state index in [2.05, 4.69) is 44.0 Å². The molecule has 120 valence electrons. The summed E-state index contributed by atoms with van der Waals surface area (Å²) in [6, 6.07) is 16.2. The van der Waals surface area contributed by atoms with Gasteiger partial charge in [-0.15, -0.1) is 0 Å². The summed E-state index contributed by atoms with van der Waals surface area (Å²) >= 11 is 0. The van der Waals surface area contributed by atoms with Crippen LogP contribution in [0.1, 0.15) is 39.4 Å². The molecular weight excluding hydrogens is 282 g/mol. The van der Waals surface area contributed by atoms with Gasteiger partial charge in [0, 0.05) is 18.0 Å². The Morgan fingerprint density at radius 3 is 2.52 bits per heavy atom. The van der Waals surface area contributed by atoms with E-state index in [-0.39, 0.29) is 11.7 Å². The molecule has 1 aliphatic heterocycles. The van der Waals surface area contributed by atoms with Gasteiger partial charge in [0.25, 0.3) is 0 Å². The average molecular weight is 307 g/mol. The Bertz CT molecular complexity index is 692. The lowest BCUT2D eigenvalue weighted by atomic mass is 9.75. The SMILES string of the molecule is Cc1cccc([C@H]2CCN(C)C[C@@H]2C(=O)c2ccccc2)c1C. The van der Waals surface area contributed by atoms with E-state index in [1.807, 2.05) is 30.3 Å². The Balaban J connectivity index is 1.97. The van der Waals surface area contributed by atoms with E-state index < -0.39 is 0 Å². The molecule has 3 rings (SSSR count). The average Bonchev–Trinajstić information content (AvgIpc) is 2.58. The summed E-state index contributed by atoms with van der Waals surface area (Å²) in [5, 5.41) is 0. The zero-order valence-electron chi connectivity index (χ0n) is 14.3. The second kappa shape index (κ2) is 6.67. The number of piperidine rings is 1. The summed E-state index contributed by atoms with van der Waals surface area (Å²) in [4.78, 5) is 15.4. The van der Waals surface area contributed by atoms with Crippen LogP contribution in [0, 0.1) is 19.8 Å². The van der Waals surface area contributed by atoms with Crippen LogP contribution in [0.4, 0.5) is 0 Å². The molecule has 2 heteroatoms. The van der Waals surface area contributed by atoms with Crippen molar-refractivity contribution in [1.29, 1.82) is 0 Å². The molecule has 2 nitrogen and oxygen atoms in total. The lowest BCUT2D eigenvalue weighted by molar-refractivity contribution is 0.0808. The van der Waals surface area contributed by atoms with Crippen molar-refractivity contribution in [3.63, 3.8) is 0 Å². The van der Waals surface area contributed by atoms with Crippen LogP contribution in [-0.4, -0.2) is 30.8 Å². The third kappa shape index (κ3) is 3.23. The first-order chi connectivity index (χ1) is 11.1. The van der Waals surface area contributed by atoms with Crippen molar-refractivity contribution in [3.05, 3.63) is 70.8 Å². The molecule has 0 amide bonds. The van der Waals surface area contributed by atoms with Crippen LogP contribution < -0.4 is 0 Å². The van der Waals surface area contributed by atoms with E-state index in [1.54, 1.807) is 0 Å². The lowest BCUT2D eigenvalue weighted by Crippen LogP contribution is -2.41. The van der Waals surface area contributed by atoms with Gasteiger partial charge >= 0.3 is 0 Å². The molecular formula is C21H25NO. The molecule has 0 saturated carbocycles. The van der Waals surface area contributed by atoms with Crippen molar-refractivity contribution >= 4 is 5.78 Å². The van der Waals surface area contributed by atoms with E-state index in [4.69, 9.17) is 0 Å². The van der Waals surface area contributed by atoms with Gasteiger partial charge in [-0.3, -0.25) is 4.79 Å². The number of rotatable bonds is 3. The molecule has 1 heterocycles. The lowest BCUT2D eigenvalue weighted by Gasteiger charge is -2.37. The zero-order chi connectivity index (χ0) is 16.4. The highest BCUT2D eigenvalue weighted by Crippen LogP contribution is 2.36. The minimum Gasteiger partial charge on any atom is -0.306 e. The van der Waals surface area contributed by atoms with Gasteiger partial charge in [-0.1, -0.05) is 48.5 Å². The number of hydrogen-bond donors (Lipinski definition) is 0. The van der Waals surface area contributed by atoms with Crippen LogP contribution in [-0.2, 0) is 0 Å². The Labute approximate surface area is 139 Å². The highest BCUT2D eigenvalue weighted by molar-refractivity contribution is 5.98. The number of benzene rings is 2. The summed E-state index contributed by atoms with van der Waals surface area (Å²) in [6.45, 7) is 6.23. The summed E-state index contributed by atoms with van der Waals surface area (Å²) in [6.07, 6.45) is 1.05. The molecule has 0 spiro atoms. The molecule has 1 fully saturated rings. The molecule has 0 bridgehead atoms. The molecule has 2 aromatic carbocycles. The van der Waals surface area contributed by atoms with Crippen LogP contribution in [0.3, 0.4) is 0 Å². The number of aryl methyl sites for hydroxylation is 1. The summed E-state index contributed by atoms with van der Waals surface area (Å²) in [5.41, 5.74) is 4.84. The number of likely N-dealkylation sites (tertiary alicyclic amines) is 1. The molecule has 1 aliphatic rings. The number of hydrogen-bond acceptors (Lipinski definition) is 2. The van der Waals surface area contributed by atoms with Crippen LogP contribution in [0.5, 0.6) is 0 Å². The van der Waals surface area contributed by atoms with E-state index in [9.17, 15) is 4.79 Å². The van der Waals surface area contributed by atoms with Gasteiger partial charge in [0.2, 0.25) is 0 Å². The minimum absolute atomic E-state index is 0.0386. The maximum absolute atomic E-state index is 13.1. The monoisotopic (exact) mass is 307 g/mol. The highest BCUT2D eigenvalue weighted by Gasteiger charge is 2.35. The molecule has 2 atom stereocenters. The molecule has 0 unspecified atom stereocenters. The van der Waals surface area contributed by atoms with E-state index in [0.29, 0.717) is 5.92 Å². The van der Waals surface area contributed by atoms with E-state index in [0.717, 1.165) is 25.1 Å². The number of carbonyl (C=O) groups excluding carboxylic acids is 1. The first-order valence-corrected chi connectivity index (χ1v) is 8.42. The summed E-state index contributed by atoms with van der Waals surface area (Å²) in [5.74, 6) is 0.638. The number of ketones is 1. The topological polar surface area (TPSA) is 20.3 Å². The quantitative estimate of drug-likeness (QED) is 0.791. The molecule has 1 saturated heterocycles. The van der Waals surface area contributed by atoms with Crippen molar-refractivity contribution in [1.82, 2.24) is 4.90 Å². The second-order valence-corrected chi connectivity index (χ2v) is 6.78. The second-order valence-electron chi connectivity index (χ2n) is 6.78. The van der Waals surface area contributed by atoms with Gasteiger partial charge < -0.3 is 4.90 Å². The van der Waals surface area contributed by atoms with Crippen molar-refractivity contribution in [2.45, 2.75) is 26.2 Å². The molecule has 2 aromatic rings. The molecule has 0 aromatic heterocycles. The maximum Gasteiger partial charge on any atom is 0.167 e. The fraction of sp³-hybridized carbons (Fsp3) is 0.381. The van der Waals surface area contributed by atoms with E-state index in [1.165, 1.54) is 16.7 Å². The van der Waals surface area contributed by atoms with Crippen molar-refractivity contribution in [2.75, 3.05) is 20.1 Å². The van der Waals surface area contributed by atoms with Crippen LogP contribution in [0.15, 0.2) is 48.5 Å². The fourth-order valence-electron chi connectivity index (χ4n) is 3.74. The molecule has 0 N–H and O–H groups in total. The first-order valence-electron chi connectivity index (χ1n) is 8.42. The van der Waals surface area contributed by atoms with Crippen molar-refractivity contribution in [2.24, 2.45) is 5.92 Å². The third-order valence-electron chi connectivity index (χ3n) is 5.26. The minimum atomic E-state index is 0.0386. The van der Waals surface area contributed by atoms with Gasteiger partial charge in [-0.2, -0.15) is 0 Å². The van der Waals surface area contributed by atoms with Gasteiger partial charge in [0.05, 0.1) is 0 Å². The molecule has 0 aliphatic carbocycles. The number of carbonyl (C=O) groups is 1. The van der Waals surface area contributed by atoms with Gasteiger partial charge in [0.15, 0.2) is 5.78 Å². The predicted molar refractivity (Wildman–Crippen MR) is 95.0 cm³/mol. The highest BCUT2D eigenvalue weighted by atomic mass is 16.1. The first kappa shape index (κ1) is 15.9. The fourth-order valence-corrected chi connectivity index (χ4v) is 3.74. The van der Waals surface area contributed by atoms with Crippen molar-refractivity contribution in [3.8, 4) is 0 Å². The summed E-state index contributed by atoms with van der Waals surface area (Å²) in [7, 11) is 2.12. The standard InChI is InChI=1S/C21H25NO/c1-15-8-7-11-18(16(15)2)19-12-13-22(3)14-20(19)21(23)17-9-5-4-6-10-17/h4-11,19-20H,12-14H2,1-3H3/t19-,20+/m1/s1. The predicted octanol–water partition coefficient (Wildman–Crippen LogP) is 4.22. The Hall–Kier alpha value is -1.93. The van der Waals surface area contributed by atoms with Crippen LogP contribution in [0.2, 0.25) is 0 Å². The smallest absolute Gasteiger partial charge is 0.167 e. The van der Waals surface area contributed by atoms with Gasteiger partial charge in [-0.25, -0.2) is 0 Å². The number of Topliss-reactive ketones (excluding diaryl/α,β-unsaturated/α-hetero) is 1. The van der Waals surface area contributed by atoms with Crippen molar-refractivity contribution < 1.29 is 4.79 Å². The maximum atomic E-state index is 13.1. The van der Waals surface area contributed by atoms with Gasteiger partial charge in [0.1, 0.15) is 0 Å². The van der Waals surface area contributed by atoms with Crippen LogP contribution >= 0.6 is 0 Å². The number of nitrogens with zero attached hydrogens (tertiary/aromatic N) is 1. The Morgan fingerprint density at radius 1 is 1.04 bits per heavy atom. The van der Waals surface area contributed by atoms with Gasteiger partial charge in [-0.05, 0) is 56.5 Å². The molecule has 23 heavy (non-hydrogen) atoms. The van der Waals surface area contributed by atoms with Crippen LogP contribution in [0.25, 0.3) is 0 Å². The molecule has 0 radical (unpaired) electrons. The zero-order valence-corrected chi connectivity index (χ0v) is 14.3. The largest absolute Gasteiger partial charge is 0.306 e. The Kier molecular flexibility index (Phi) is 4.63. The Morgan fingerprint density at radius 2 is 1.78 bits per heavy atom. The third-order valence-corrected chi connectivity index (χ3v) is 5.26. The van der Waals surface area contributed by atoms with E-state index >= 15 is 0 Å². The summed E-state index contributed by atoms with van der Waals surface area (Å²) < 4.78 is 0.